The van der Waals surface area contributed by atoms with Crippen LogP contribution < -0.4 is 10.2 Å². The van der Waals surface area contributed by atoms with Crippen LogP contribution in [0.5, 0.6) is 0 Å². The summed E-state index contributed by atoms with van der Waals surface area (Å²) in [4.78, 5) is 30.7. The molecule has 2 fully saturated rings. The normalized spacial score (nSPS) is 25.9. The molecule has 0 bridgehead atoms. The number of amides is 2. The highest BCUT2D eigenvalue weighted by atomic mass is 16.2. The van der Waals surface area contributed by atoms with Gasteiger partial charge in [-0.2, -0.15) is 0 Å². The van der Waals surface area contributed by atoms with Crippen LogP contribution in [0.1, 0.15) is 69.8 Å². The second-order valence-electron chi connectivity index (χ2n) is 9.74. The first-order valence-electron chi connectivity index (χ1n) is 12.3. The molecule has 1 saturated carbocycles. The summed E-state index contributed by atoms with van der Waals surface area (Å²) in [6, 6.07) is 9.00. The molecule has 5 nitrogen and oxygen atoms in total. The molecule has 0 spiro atoms. The van der Waals surface area contributed by atoms with Crippen molar-refractivity contribution in [2.45, 2.75) is 76.7 Å². The maximum atomic E-state index is 13.4. The minimum absolute atomic E-state index is 0.144. The summed E-state index contributed by atoms with van der Waals surface area (Å²) in [6.45, 7) is 2.77. The van der Waals surface area contributed by atoms with E-state index in [1.807, 2.05) is 4.90 Å². The maximum absolute atomic E-state index is 13.4. The van der Waals surface area contributed by atoms with Crippen molar-refractivity contribution in [3.05, 3.63) is 41.6 Å². The lowest BCUT2D eigenvalue weighted by Crippen LogP contribution is -2.53. The lowest BCUT2D eigenvalue weighted by Gasteiger charge is -2.44. The number of piperidine rings is 1. The van der Waals surface area contributed by atoms with Gasteiger partial charge in [-0.1, -0.05) is 37.1 Å². The van der Waals surface area contributed by atoms with E-state index in [0.29, 0.717) is 25.4 Å². The molecule has 166 valence electrons. The van der Waals surface area contributed by atoms with Gasteiger partial charge in [0.05, 0.1) is 5.41 Å². The quantitative estimate of drug-likeness (QED) is 0.701. The Morgan fingerprint density at radius 1 is 1.10 bits per heavy atom. The van der Waals surface area contributed by atoms with E-state index >= 15 is 0 Å². The van der Waals surface area contributed by atoms with Crippen LogP contribution in [-0.4, -0.2) is 42.4 Å². The Kier molecular flexibility index (Phi) is 5.77. The van der Waals surface area contributed by atoms with E-state index in [9.17, 15) is 9.59 Å². The Morgan fingerprint density at radius 2 is 1.94 bits per heavy atom. The Labute approximate surface area is 185 Å². The Bertz CT molecular complexity index is 873. The van der Waals surface area contributed by atoms with Crippen molar-refractivity contribution in [2.75, 3.05) is 24.5 Å². The summed E-state index contributed by atoms with van der Waals surface area (Å²) < 4.78 is 0. The first-order chi connectivity index (χ1) is 15.2. The van der Waals surface area contributed by atoms with Gasteiger partial charge in [-0.15, -0.1) is 0 Å². The van der Waals surface area contributed by atoms with Crippen LogP contribution in [0.3, 0.4) is 0 Å². The number of carbonyl (C=O) groups is 2. The Morgan fingerprint density at radius 3 is 2.81 bits per heavy atom. The molecule has 1 saturated heterocycles. The molecule has 1 aromatic rings. The number of anilines is 1. The van der Waals surface area contributed by atoms with Gasteiger partial charge in [0.25, 0.3) is 0 Å². The molecule has 2 aliphatic heterocycles. The lowest BCUT2D eigenvalue weighted by atomic mass is 9.75. The molecule has 2 aliphatic carbocycles. The fraction of sp³-hybridized carbons (Fsp3) is 0.615. The first-order valence-corrected chi connectivity index (χ1v) is 12.3. The molecule has 1 atom stereocenters. The zero-order valence-corrected chi connectivity index (χ0v) is 18.6. The van der Waals surface area contributed by atoms with E-state index in [1.165, 1.54) is 30.5 Å². The Balaban J connectivity index is 1.20. The highest BCUT2D eigenvalue weighted by Crippen LogP contribution is 2.50. The van der Waals surface area contributed by atoms with E-state index in [1.54, 1.807) is 0 Å². The molecular formula is C26H35N3O2. The monoisotopic (exact) mass is 421 g/mol. The highest BCUT2D eigenvalue weighted by molar-refractivity contribution is 5.91. The lowest BCUT2D eigenvalue weighted by molar-refractivity contribution is -0.141. The minimum atomic E-state index is -0.478. The average molecular weight is 422 g/mol. The van der Waals surface area contributed by atoms with Gasteiger partial charge in [0, 0.05) is 43.5 Å². The van der Waals surface area contributed by atoms with Crippen molar-refractivity contribution in [3.8, 4) is 0 Å². The van der Waals surface area contributed by atoms with Crippen LogP contribution in [0.15, 0.2) is 36.0 Å². The molecule has 2 heterocycles. The fourth-order valence-electron chi connectivity index (χ4n) is 6.33. The van der Waals surface area contributed by atoms with E-state index in [4.69, 9.17) is 0 Å². The van der Waals surface area contributed by atoms with E-state index in [2.05, 4.69) is 40.6 Å². The highest BCUT2D eigenvalue weighted by Gasteiger charge is 2.52. The SMILES string of the molecule is O=C1CCC2(C(=O)NCCCN3CCCc4ccccc43)CCC=C2N1C1CCCC1. The second-order valence-corrected chi connectivity index (χ2v) is 9.74. The molecule has 1 unspecified atom stereocenters. The molecule has 2 amide bonds. The minimum Gasteiger partial charge on any atom is -0.371 e. The summed E-state index contributed by atoms with van der Waals surface area (Å²) >= 11 is 0. The van der Waals surface area contributed by atoms with Crippen LogP contribution >= 0.6 is 0 Å². The number of aryl methyl sites for hydroxylation is 1. The molecule has 4 aliphatic rings. The number of nitrogens with zero attached hydrogens (tertiary/aromatic N) is 2. The van der Waals surface area contributed by atoms with Gasteiger partial charge in [-0.3, -0.25) is 9.59 Å². The number of fused-ring (bicyclic) bond motifs is 2. The van der Waals surface area contributed by atoms with Crippen molar-refractivity contribution >= 4 is 17.5 Å². The molecule has 1 N–H and O–H groups in total. The number of likely N-dealkylation sites (tertiary alicyclic amines) is 1. The van der Waals surface area contributed by atoms with Gasteiger partial charge in [0.2, 0.25) is 11.8 Å². The maximum Gasteiger partial charge on any atom is 0.232 e. The standard InChI is InChI=1S/C26H35N3O2/c30-24-14-16-26(15-5-13-23(26)29(24)21-10-2-3-11-21)25(31)27-17-7-19-28-18-6-9-20-8-1-4-12-22(20)28/h1,4,8,12-13,21H,2-3,5-7,9-11,14-19H2,(H,27,31). The van der Waals surface area contributed by atoms with Gasteiger partial charge in [0.15, 0.2) is 0 Å². The zero-order chi connectivity index (χ0) is 21.3. The van der Waals surface area contributed by atoms with Crippen LogP contribution in [0, 0.1) is 5.41 Å². The molecule has 1 aromatic carbocycles. The number of benzene rings is 1. The predicted octanol–water partition coefficient (Wildman–Crippen LogP) is 4.17. The topological polar surface area (TPSA) is 52.7 Å². The zero-order valence-electron chi connectivity index (χ0n) is 18.6. The number of allylic oxidation sites excluding steroid dienone is 1. The summed E-state index contributed by atoms with van der Waals surface area (Å²) in [5, 5.41) is 3.26. The smallest absolute Gasteiger partial charge is 0.232 e. The molecule has 31 heavy (non-hydrogen) atoms. The molecular weight excluding hydrogens is 386 g/mol. The van der Waals surface area contributed by atoms with E-state index < -0.39 is 5.41 Å². The third kappa shape index (κ3) is 3.77. The number of hydrogen-bond donors (Lipinski definition) is 1. The third-order valence-corrected chi connectivity index (χ3v) is 7.91. The van der Waals surface area contributed by atoms with Crippen LogP contribution in [0.2, 0.25) is 0 Å². The van der Waals surface area contributed by atoms with E-state index in [0.717, 1.165) is 57.3 Å². The molecule has 0 aromatic heterocycles. The van der Waals surface area contributed by atoms with Gasteiger partial charge in [0.1, 0.15) is 0 Å². The second kappa shape index (κ2) is 8.68. The van der Waals surface area contributed by atoms with Crippen molar-refractivity contribution in [3.63, 3.8) is 0 Å². The van der Waals surface area contributed by atoms with Crippen LogP contribution in [0.25, 0.3) is 0 Å². The van der Waals surface area contributed by atoms with Crippen LogP contribution in [-0.2, 0) is 16.0 Å². The van der Waals surface area contributed by atoms with Gasteiger partial charge in [-0.25, -0.2) is 0 Å². The number of para-hydroxylation sites is 1. The third-order valence-electron chi connectivity index (χ3n) is 7.91. The predicted molar refractivity (Wildman–Crippen MR) is 123 cm³/mol. The summed E-state index contributed by atoms with van der Waals surface area (Å²) in [6.07, 6.45) is 13.0. The first kappa shape index (κ1) is 20.6. The summed E-state index contributed by atoms with van der Waals surface area (Å²) in [7, 11) is 0. The van der Waals surface area contributed by atoms with Crippen molar-refractivity contribution in [1.29, 1.82) is 0 Å². The van der Waals surface area contributed by atoms with E-state index in [-0.39, 0.29) is 11.8 Å². The van der Waals surface area contributed by atoms with Gasteiger partial charge < -0.3 is 15.1 Å². The van der Waals surface area contributed by atoms with Gasteiger partial charge in [-0.05, 0) is 63.0 Å². The summed E-state index contributed by atoms with van der Waals surface area (Å²) in [5.74, 6) is 0.373. The number of hydrogen-bond acceptors (Lipinski definition) is 3. The number of nitrogens with one attached hydrogen (secondary N) is 1. The van der Waals surface area contributed by atoms with Crippen LogP contribution in [0.4, 0.5) is 5.69 Å². The average Bonchev–Trinajstić information content (AvgIpc) is 3.47. The summed E-state index contributed by atoms with van der Waals surface area (Å²) in [5.41, 5.74) is 3.35. The fourth-order valence-corrected chi connectivity index (χ4v) is 6.33. The number of carbonyl (C=O) groups excluding carboxylic acids is 2. The molecule has 5 rings (SSSR count). The molecule has 5 heteroatoms. The van der Waals surface area contributed by atoms with Crippen molar-refractivity contribution in [1.82, 2.24) is 10.2 Å². The molecule has 0 radical (unpaired) electrons. The number of rotatable bonds is 6. The Hall–Kier alpha value is -2.30. The van der Waals surface area contributed by atoms with Gasteiger partial charge >= 0.3 is 0 Å². The largest absolute Gasteiger partial charge is 0.371 e. The van der Waals surface area contributed by atoms with Crippen molar-refractivity contribution < 1.29 is 9.59 Å². The van der Waals surface area contributed by atoms with Crippen molar-refractivity contribution in [2.24, 2.45) is 5.41 Å².